The SMILES string of the molecule is Cc1ccc(S(=O)(=O)N(CC(=O)NCCSCc2c(Cl)cccc2Cl)c2cc(Cl)cc(Cl)c2)cc1. The molecule has 0 aliphatic carbocycles. The maximum Gasteiger partial charge on any atom is 0.264 e. The third kappa shape index (κ3) is 7.68. The molecular formula is C24H22Cl4N2O3S2. The zero-order chi connectivity index (χ0) is 25.6. The number of hydrogen-bond donors (Lipinski definition) is 1. The van der Waals surface area contributed by atoms with Crippen LogP contribution < -0.4 is 9.62 Å². The molecular weight excluding hydrogens is 570 g/mol. The van der Waals surface area contributed by atoms with Gasteiger partial charge in [-0.15, -0.1) is 0 Å². The Kier molecular flexibility index (Phi) is 10.0. The molecule has 0 aliphatic heterocycles. The molecule has 0 aromatic heterocycles. The number of carbonyl (C=O) groups is 1. The molecule has 0 fully saturated rings. The van der Waals surface area contributed by atoms with Gasteiger partial charge in [0.25, 0.3) is 10.0 Å². The molecule has 35 heavy (non-hydrogen) atoms. The second-order valence-electron chi connectivity index (χ2n) is 7.56. The fourth-order valence-electron chi connectivity index (χ4n) is 3.13. The Labute approximate surface area is 229 Å². The maximum atomic E-state index is 13.4. The predicted molar refractivity (Wildman–Crippen MR) is 148 cm³/mol. The highest BCUT2D eigenvalue weighted by Gasteiger charge is 2.27. The highest BCUT2D eigenvalue weighted by molar-refractivity contribution is 7.98. The molecule has 0 saturated carbocycles. The number of halogens is 4. The summed E-state index contributed by atoms with van der Waals surface area (Å²) in [6.07, 6.45) is 0. The van der Waals surface area contributed by atoms with Crippen molar-refractivity contribution in [2.24, 2.45) is 0 Å². The first kappa shape index (κ1) is 28.0. The van der Waals surface area contributed by atoms with Crippen LogP contribution in [0.15, 0.2) is 65.6 Å². The van der Waals surface area contributed by atoms with Gasteiger partial charge in [0.2, 0.25) is 5.91 Å². The fourth-order valence-corrected chi connectivity index (χ4v) is 6.64. The van der Waals surface area contributed by atoms with Crippen LogP contribution in [-0.2, 0) is 20.6 Å². The number of aryl methyl sites for hydroxylation is 1. The smallest absolute Gasteiger partial charge is 0.264 e. The number of nitrogens with zero attached hydrogens (tertiary/aromatic N) is 1. The van der Waals surface area contributed by atoms with E-state index in [0.29, 0.717) is 28.1 Å². The average molecular weight is 592 g/mol. The fraction of sp³-hybridized carbons (Fsp3) is 0.208. The van der Waals surface area contributed by atoms with Gasteiger partial charge in [0.1, 0.15) is 6.54 Å². The van der Waals surface area contributed by atoms with Crippen LogP contribution in [0.2, 0.25) is 20.1 Å². The lowest BCUT2D eigenvalue weighted by Gasteiger charge is -2.24. The summed E-state index contributed by atoms with van der Waals surface area (Å²) in [7, 11) is -4.06. The van der Waals surface area contributed by atoms with Gasteiger partial charge in [-0.25, -0.2) is 8.42 Å². The van der Waals surface area contributed by atoms with Crippen LogP contribution in [-0.4, -0.2) is 33.2 Å². The molecule has 0 bridgehead atoms. The van der Waals surface area contributed by atoms with Gasteiger partial charge >= 0.3 is 0 Å². The Bertz CT molecular complexity index is 1260. The Morgan fingerprint density at radius 1 is 0.943 bits per heavy atom. The van der Waals surface area contributed by atoms with E-state index in [9.17, 15) is 13.2 Å². The number of amides is 1. The van der Waals surface area contributed by atoms with Crippen molar-refractivity contribution >= 4 is 79.8 Å². The van der Waals surface area contributed by atoms with Crippen molar-refractivity contribution in [2.45, 2.75) is 17.6 Å². The van der Waals surface area contributed by atoms with Crippen molar-refractivity contribution in [3.05, 3.63) is 91.9 Å². The summed E-state index contributed by atoms with van der Waals surface area (Å²) >= 11 is 26.1. The molecule has 3 aromatic carbocycles. The molecule has 3 rings (SSSR count). The van der Waals surface area contributed by atoms with Gasteiger partial charge in [0.15, 0.2) is 0 Å². The number of anilines is 1. The molecule has 186 valence electrons. The number of carbonyl (C=O) groups excluding carboxylic acids is 1. The van der Waals surface area contributed by atoms with Crippen LogP contribution in [0.3, 0.4) is 0 Å². The minimum absolute atomic E-state index is 0.0548. The summed E-state index contributed by atoms with van der Waals surface area (Å²) in [5, 5.41) is 4.45. The number of benzene rings is 3. The van der Waals surface area contributed by atoms with Gasteiger partial charge in [0, 0.05) is 38.1 Å². The molecule has 3 aromatic rings. The minimum Gasteiger partial charge on any atom is -0.354 e. The van der Waals surface area contributed by atoms with Crippen molar-refractivity contribution in [2.75, 3.05) is 23.1 Å². The lowest BCUT2D eigenvalue weighted by atomic mass is 10.2. The molecule has 1 N–H and O–H groups in total. The van der Waals surface area contributed by atoms with E-state index in [1.54, 1.807) is 42.1 Å². The molecule has 0 aliphatic rings. The first-order valence-corrected chi connectivity index (χ1v) is 14.5. The number of hydrogen-bond acceptors (Lipinski definition) is 4. The van der Waals surface area contributed by atoms with E-state index in [1.807, 2.05) is 6.92 Å². The molecule has 11 heteroatoms. The van der Waals surface area contributed by atoms with Crippen molar-refractivity contribution in [1.82, 2.24) is 5.32 Å². The quantitative estimate of drug-likeness (QED) is 0.262. The molecule has 0 atom stereocenters. The third-order valence-electron chi connectivity index (χ3n) is 4.91. The van der Waals surface area contributed by atoms with E-state index < -0.39 is 22.5 Å². The van der Waals surface area contributed by atoms with E-state index in [4.69, 9.17) is 46.4 Å². The summed E-state index contributed by atoms with van der Waals surface area (Å²) < 4.78 is 27.9. The lowest BCUT2D eigenvalue weighted by molar-refractivity contribution is -0.119. The van der Waals surface area contributed by atoms with Crippen LogP contribution >= 0.6 is 58.2 Å². The first-order chi connectivity index (χ1) is 16.6. The van der Waals surface area contributed by atoms with Crippen LogP contribution in [0.5, 0.6) is 0 Å². The first-order valence-electron chi connectivity index (χ1n) is 10.4. The van der Waals surface area contributed by atoms with Gasteiger partial charge in [-0.2, -0.15) is 11.8 Å². The summed E-state index contributed by atoms with van der Waals surface area (Å²) in [4.78, 5) is 12.8. The number of thioether (sulfide) groups is 1. The molecule has 0 heterocycles. The molecule has 5 nitrogen and oxygen atoms in total. The van der Waals surface area contributed by atoms with E-state index in [2.05, 4.69) is 5.32 Å². The van der Waals surface area contributed by atoms with Crippen LogP contribution in [0, 0.1) is 6.92 Å². The Hall–Kier alpha value is -1.61. The van der Waals surface area contributed by atoms with E-state index in [1.165, 1.54) is 30.3 Å². The van der Waals surface area contributed by atoms with Crippen LogP contribution in [0.1, 0.15) is 11.1 Å². The molecule has 0 spiro atoms. The van der Waals surface area contributed by atoms with Gasteiger partial charge < -0.3 is 5.32 Å². The van der Waals surface area contributed by atoms with Crippen molar-refractivity contribution in [3.8, 4) is 0 Å². The maximum absolute atomic E-state index is 13.4. The van der Waals surface area contributed by atoms with Gasteiger partial charge in [-0.3, -0.25) is 9.10 Å². The summed E-state index contributed by atoms with van der Waals surface area (Å²) in [6.45, 7) is 1.75. The van der Waals surface area contributed by atoms with E-state index in [0.717, 1.165) is 15.4 Å². The largest absolute Gasteiger partial charge is 0.354 e. The molecule has 1 amide bonds. The normalized spacial score (nSPS) is 11.3. The second-order valence-corrected chi connectivity index (χ2v) is 12.2. The third-order valence-corrected chi connectivity index (χ3v) is 8.83. The van der Waals surface area contributed by atoms with Crippen molar-refractivity contribution < 1.29 is 13.2 Å². The molecule has 0 radical (unpaired) electrons. The summed E-state index contributed by atoms with van der Waals surface area (Å²) in [5.41, 5.74) is 1.94. The van der Waals surface area contributed by atoms with Crippen LogP contribution in [0.25, 0.3) is 0 Å². The molecule has 0 saturated heterocycles. The van der Waals surface area contributed by atoms with E-state index >= 15 is 0 Å². The summed E-state index contributed by atoms with van der Waals surface area (Å²) in [6, 6.07) is 16.1. The highest BCUT2D eigenvalue weighted by Crippen LogP contribution is 2.30. The predicted octanol–water partition coefficient (Wildman–Crippen LogP) is 6.85. The van der Waals surface area contributed by atoms with E-state index in [-0.39, 0.29) is 20.6 Å². The topological polar surface area (TPSA) is 66.5 Å². The number of nitrogens with one attached hydrogen (secondary N) is 1. The van der Waals surface area contributed by atoms with Gasteiger partial charge in [-0.1, -0.05) is 70.2 Å². The zero-order valence-electron chi connectivity index (χ0n) is 18.6. The zero-order valence-corrected chi connectivity index (χ0v) is 23.3. The van der Waals surface area contributed by atoms with Crippen molar-refractivity contribution in [1.29, 1.82) is 0 Å². The van der Waals surface area contributed by atoms with Crippen molar-refractivity contribution in [3.63, 3.8) is 0 Å². The second kappa shape index (κ2) is 12.6. The minimum atomic E-state index is -4.06. The number of rotatable bonds is 10. The van der Waals surface area contributed by atoms with Crippen LogP contribution in [0.4, 0.5) is 5.69 Å². The molecule has 0 unspecified atom stereocenters. The Morgan fingerprint density at radius 2 is 1.54 bits per heavy atom. The summed E-state index contributed by atoms with van der Waals surface area (Å²) in [5.74, 6) is 0.706. The standard InChI is InChI=1S/C24H22Cl4N2O3S2/c1-16-5-7-20(8-6-16)35(32,33)30(19-12-17(25)11-18(26)13-19)14-24(31)29-9-10-34-15-21-22(27)3-2-4-23(21)28/h2-8,11-13H,9-10,14-15H2,1H3,(H,29,31). The Morgan fingerprint density at radius 3 is 2.14 bits per heavy atom. The monoisotopic (exact) mass is 590 g/mol. The average Bonchev–Trinajstić information content (AvgIpc) is 2.78. The van der Waals surface area contributed by atoms with Gasteiger partial charge in [0.05, 0.1) is 10.6 Å². The number of sulfonamides is 1. The van der Waals surface area contributed by atoms with Gasteiger partial charge in [-0.05, 0) is 55.0 Å². The Balaban J connectivity index is 1.69. The lowest BCUT2D eigenvalue weighted by Crippen LogP contribution is -2.41. The highest BCUT2D eigenvalue weighted by atomic mass is 35.5.